The number of anilines is 2. The van der Waals surface area contributed by atoms with E-state index in [-0.39, 0.29) is 6.42 Å². The van der Waals surface area contributed by atoms with Crippen LogP contribution in [0.25, 0.3) is 0 Å². The summed E-state index contributed by atoms with van der Waals surface area (Å²) in [5, 5.41) is 17.7. The molecular weight excluding hydrogens is 576 g/mol. The molecule has 1 aliphatic carbocycles. The lowest BCUT2D eigenvalue weighted by atomic mass is 9.61. The van der Waals surface area contributed by atoms with E-state index in [1.165, 1.54) is 6.92 Å². The van der Waals surface area contributed by atoms with Gasteiger partial charge in [-0.3, -0.25) is 14.4 Å². The van der Waals surface area contributed by atoms with Crippen molar-refractivity contribution in [2.24, 2.45) is 11.8 Å². The molecule has 1 aliphatic rings. The topological polar surface area (TPSA) is 105 Å². The number of aryl methyl sites for hydroxylation is 2. The Bertz CT molecular complexity index is 1730. The average Bonchev–Trinajstić information content (AvgIpc) is 3.01. The average molecular weight is 619 g/mol. The molecule has 5 rings (SSSR count). The van der Waals surface area contributed by atoms with E-state index in [1.807, 2.05) is 88.4 Å². The van der Waals surface area contributed by atoms with Crippen molar-refractivity contribution in [2.45, 2.75) is 59.0 Å². The number of nitrogens with one attached hydrogen (secondary N) is 2. The van der Waals surface area contributed by atoms with Gasteiger partial charge in [-0.2, -0.15) is 0 Å². The Morgan fingerprint density at radius 1 is 0.783 bits per heavy atom. The molecule has 7 nitrogen and oxygen atoms in total. The van der Waals surface area contributed by atoms with Gasteiger partial charge in [0, 0.05) is 30.1 Å². The first-order valence-corrected chi connectivity index (χ1v) is 15.7. The van der Waals surface area contributed by atoms with E-state index in [9.17, 15) is 19.5 Å². The number of benzene rings is 4. The molecule has 0 radical (unpaired) electrons. The lowest BCUT2D eigenvalue weighted by molar-refractivity contribution is -0.150. The molecular formula is C39H42N2O5. The Morgan fingerprint density at radius 3 is 1.93 bits per heavy atom. The van der Waals surface area contributed by atoms with E-state index < -0.39 is 41.0 Å². The smallest absolute Gasteiger partial charge is 0.235 e. The predicted molar refractivity (Wildman–Crippen MR) is 181 cm³/mol. The fourth-order valence-corrected chi connectivity index (χ4v) is 6.40. The van der Waals surface area contributed by atoms with Gasteiger partial charge in [0.1, 0.15) is 17.5 Å². The number of carbonyl (C=O) groups excluding carboxylic acids is 3. The van der Waals surface area contributed by atoms with Crippen molar-refractivity contribution in [3.8, 4) is 5.75 Å². The summed E-state index contributed by atoms with van der Waals surface area (Å²) in [6.07, 6.45) is 0.407. The SMILES string of the molecule is Cc1cccc(NC(=O)C2C(=O)CC(C)(O)C(C(=O)Nc3cccc(C)c3C)C2c2ccc(OCCc3ccccc3)cc2)c1C. The molecule has 7 heteroatoms. The zero-order valence-electron chi connectivity index (χ0n) is 27.1. The molecule has 0 heterocycles. The maximum atomic E-state index is 14.2. The largest absolute Gasteiger partial charge is 0.493 e. The van der Waals surface area contributed by atoms with Crippen LogP contribution in [0.5, 0.6) is 5.75 Å². The minimum absolute atomic E-state index is 0.333. The lowest BCUT2D eigenvalue weighted by Gasteiger charge is -2.44. The van der Waals surface area contributed by atoms with Crippen LogP contribution in [0.3, 0.4) is 0 Å². The van der Waals surface area contributed by atoms with Gasteiger partial charge >= 0.3 is 0 Å². The molecule has 4 aromatic carbocycles. The molecule has 0 aromatic heterocycles. The van der Waals surface area contributed by atoms with Gasteiger partial charge < -0.3 is 20.5 Å². The Kier molecular flexibility index (Phi) is 9.73. The van der Waals surface area contributed by atoms with E-state index in [0.717, 1.165) is 34.2 Å². The molecule has 1 fully saturated rings. The summed E-state index contributed by atoms with van der Waals surface area (Å²) < 4.78 is 5.99. The molecule has 0 saturated heterocycles. The van der Waals surface area contributed by atoms with Crippen LogP contribution in [-0.2, 0) is 20.8 Å². The molecule has 4 atom stereocenters. The first-order valence-electron chi connectivity index (χ1n) is 15.7. The van der Waals surface area contributed by atoms with Crippen LogP contribution in [0.2, 0.25) is 0 Å². The van der Waals surface area contributed by atoms with Gasteiger partial charge in [-0.05, 0) is 92.3 Å². The summed E-state index contributed by atoms with van der Waals surface area (Å²) in [4.78, 5) is 42.0. The molecule has 0 bridgehead atoms. The maximum absolute atomic E-state index is 14.2. The van der Waals surface area contributed by atoms with Crippen LogP contribution in [0.4, 0.5) is 11.4 Å². The van der Waals surface area contributed by atoms with Crippen molar-refractivity contribution in [2.75, 3.05) is 17.2 Å². The third-order valence-electron chi connectivity index (χ3n) is 9.32. The second-order valence-corrected chi connectivity index (χ2v) is 12.6. The van der Waals surface area contributed by atoms with Gasteiger partial charge in [0.05, 0.1) is 18.1 Å². The van der Waals surface area contributed by atoms with Crippen LogP contribution < -0.4 is 15.4 Å². The highest BCUT2D eigenvalue weighted by atomic mass is 16.5. The predicted octanol–water partition coefficient (Wildman–Crippen LogP) is 6.86. The van der Waals surface area contributed by atoms with Gasteiger partial charge in [0.25, 0.3) is 0 Å². The maximum Gasteiger partial charge on any atom is 0.235 e. The molecule has 2 amide bonds. The second-order valence-electron chi connectivity index (χ2n) is 12.6. The number of amides is 2. The standard InChI is InChI=1S/C39H42N2O5/c1-24-11-9-15-31(26(24)3)40-37(43)35-33(42)23-39(5,45)36(38(44)41-32-16-10-12-25(2)27(32)4)34(35)29-17-19-30(20-18-29)46-22-21-28-13-7-6-8-14-28/h6-20,34-36,45H,21-23H2,1-5H3,(H,40,43)(H,41,44). The Hall–Kier alpha value is -4.75. The summed E-state index contributed by atoms with van der Waals surface area (Å²) in [5.74, 6) is -4.01. The molecule has 238 valence electrons. The van der Waals surface area contributed by atoms with Crippen LogP contribution >= 0.6 is 0 Å². The number of hydrogen-bond acceptors (Lipinski definition) is 5. The van der Waals surface area contributed by atoms with Crippen molar-refractivity contribution < 1.29 is 24.2 Å². The van der Waals surface area contributed by atoms with Crippen LogP contribution in [0, 0.1) is 39.5 Å². The van der Waals surface area contributed by atoms with E-state index in [0.29, 0.717) is 29.3 Å². The Balaban J connectivity index is 1.49. The number of carbonyl (C=O) groups is 3. The van der Waals surface area contributed by atoms with Crippen molar-refractivity contribution >= 4 is 29.0 Å². The molecule has 1 saturated carbocycles. The van der Waals surface area contributed by atoms with Crippen LogP contribution in [-0.4, -0.2) is 34.9 Å². The van der Waals surface area contributed by atoms with E-state index in [4.69, 9.17) is 4.74 Å². The molecule has 3 N–H and O–H groups in total. The third-order valence-corrected chi connectivity index (χ3v) is 9.32. The highest BCUT2D eigenvalue weighted by Crippen LogP contribution is 2.47. The zero-order valence-corrected chi connectivity index (χ0v) is 27.1. The van der Waals surface area contributed by atoms with Gasteiger partial charge in [-0.15, -0.1) is 0 Å². The fraction of sp³-hybridized carbons (Fsp3) is 0.308. The van der Waals surface area contributed by atoms with Crippen molar-refractivity contribution in [1.29, 1.82) is 0 Å². The van der Waals surface area contributed by atoms with E-state index in [2.05, 4.69) is 10.6 Å². The second kappa shape index (κ2) is 13.7. The molecule has 0 spiro atoms. The lowest BCUT2D eigenvalue weighted by Crippen LogP contribution is -2.56. The summed E-state index contributed by atoms with van der Waals surface area (Å²) in [7, 11) is 0. The monoisotopic (exact) mass is 618 g/mol. The fourth-order valence-electron chi connectivity index (χ4n) is 6.40. The zero-order chi connectivity index (χ0) is 33.0. The van der Waals surface area contributed by atoms with Gasteiger partial charge in [0.2, 0.25) is 11.8 Å². The summed E-state index contributed by atoms with van der Waals surface area (Å²) >= 11 is 0. The first-order chi connectivity index (χ1) is 22.0. The van der Waals surface area contributed by atoms with E-state index in [1.54, 1.807) is 30.3 Å². The van der Waals surface area contributed by atoms with Crippen molar-refractivity contribution in [3.63, 3.8) is 0 Å². The molecule has 0 aliphatic heterocycles. The van der Waals surface area contributed by atoms with Crippen molar-refractivity contribution in [1.82, 2.24) is 0 Å². The minimum atomic E-state index is -1.70. The summed E-state index contributed by atoms with van der Waals surface area (Å²) in [6.45, 7) is 9.72. The Morgan fingerprint density at radius 2 is 1.35 bits per heavy atom. The number of ketones is 1. The molecule has 46 heavy (non-hydrogen) atoms. The van der Waals surface area contributed by atoms with Gasteiger partial charge in [-0.25, -0.2) is 0 Å². The quantitative estimate of drug-likeness (QED) is 0.178. The summed E-state index contributed by atoms with van der Waals surface area (Å²) in [6, 6.07) is 28.4. The van der Waals surface area contributed by atoms with Gasteiger partial charge in [-0.1, -0.05) is 66.7 Å². The first kappa shape index (κ1) is 32.6. The van der Waals surface area contributed by atoms with Crippen LogP contribution in [0.1, 0.15) is 52.6 Å². The van der Waals surface area contributed by atoms with E-state index >= 15 is 0 Å². The number of Topliss-reactive ketones (excluding diaryl/α,β-unsaturated/α-hetero) is 1. The van der Waals surface area contributed by atoms with Crippen LogP contribution in [0.15, 0.2) is 91.0 Å². The Labute approximate surface area is 271 Å². The van der Waals surface area contributed by atoms with Crippen molar-refractivity contribution in [3.05, 3.63) is 124 Å². The molecule has 4 aromatic rings. The number of hydrogen-bond donors (Lipinski definition) is 3. The third kappa shape index (κ3) is 7.05. The summed E-state index contributed by atoms with van der Waals surface area (Å²) in [5.41, 5.74) is 5.08. The minimum Gasteiger partial charge on any atom is -0.493 e. The normalized spacial score (nSPS) is 21.0. The number of rotatable bonds is 9. The molecule has 4 unspecified atom stereocenters. The van der Waals surface area contributed by atoms with Gasteiger partial charge in [0.15, 0.2) is 0 Å². The highest BCUT2D eigenvalue weighted by Gasteiger charge is 2.56. The number of ether oxygens (including phenoxy) is 1. The highest BCUT2D eigenvalue weighted by molar-refractivity contribution is 6.10. The number of aliphatic hydroxyl groups is 1.